The lowest BCUT2D eigenvalue weighted by molar-refractivity contribution is -0.145. The summed E-state index contributed by atoms with van der Waals surface area (Å²) < 4.78 is 0. The predicted molar refractivity (Wildman–Crippen MR) is 60.6 cm³/mol. The van der Waals surface area contributed by atoms with Crippen LogP contribution in [-0.4, -0.2) is 28.8 Å². The third kappa shape index (κ3) is 1.07. The second kappa shape index (κ2) is 2.99. The van der Waals surface area contributed by atoms with E-state index in [0.29, 0.717) is 11.8 Å². The van der Waals surface area contributed by atoms with E-state index < -0.39 is 0 Å². The SMILES string of the molecule is NC1CC(N2C(=O)C3C4C=CC(C4)C3C2=O)C1. The number of imide groups is 1. The highest BCUT2D eigenvalue weighted by atomic mass is 16.2. The number of nitrogens with zero attached hydrogens (tertiary/aromatic N) is 1. The fourth-order valence-corrected chi connectivity index (χ4v) is 4.13. The molecule has 4 nitrogen and oxygen atoms in total. The first-order valence-electron chi connectivity index (χ1n) is 6.47. The van der Waals surface area contributed by atoms with Crippen molar-refractivity contribution in [3.05, 3.63) is 12.2 Å². The van der Waals surface area contributed by atoms with Gasteiger partial charge < -0.3 is 5.73 Å². The molecule has 4 heteroatoms. The Bertz CT molecular complexity index is 409. The molecule has 4 atom stereocenters. The molecule has 3 fully saturated rings. The van der Waals surface area contributed by atoms with Gasteiger partial charge in [-0.3, -0.25) is 14.5 Å². The van der Waals surface area contributed by atoms with Gasteiger partial charge in [-0.25, -0.2) is 0 Å². The van der Waals surface area contributed by atoms with Gasteiger partial charge in [0.15, 0.2) is 0 Å². The molecule has 2 saturated carbocycles. The molecule has 4 aliphatic rings. The Morgan fingerprint density at radius 2 is 1.53 bits per heavy atom. The molecule has 0 aromatic rings. The molecule has 2 amide bonds. The van der Waals surface area contributed by atoms with Crippen molar-refractivity contribution < 1.29 is 9.59 Å². The van der Waals surface area contributed by atoms with E-state index in [2.05, 4.69) is 12.2 Å². The van der Waals surface area contributed by atoms with Gasteiger partial charge in [0, 0.05) is 12.1 Å². The van der Waals surface area contributed by atoms with Crippen LogP contribution >= 0.6 is 0 Å². The normalized spacial score (nSPS) is 51.0. The summed E-state index contributed by atoms with van der Waals surface area (Å²) in [5.41, 5.74) is 5.75. The minimum Gasteiger partial charge on any atom is -0.328 e. The van der Waals surface area contributed by atoms with Crippen molar-refractivity contribution in [3.8, 4) is 0 Å². The molecular formula is C13H16N2O2. The topological polar surface area (TPSA) is 63.4 Å². The van der Waals surface area contributed by atoms with Gasteiger partial charge in [-0.15, -0.1) is 0 Å². The summed E-state index contributed by atoms with van der Waals surface area (Å²) >= 11 is 0. The summed E-state index contributed by atoms with van der Waals surface area (Å²) in [6.45, 7) is 0. The Kier molecular flexibility index (Phi) is 1.73. The maximum absolute atomic E-state index is 12.4. The molecule has 0 spiro atoms. The van der Waals surface area contributed by atoms with Gasteiger partial charge in [0.05, 0.1) is 11.8 Å². The van der Waals surface area contributed by atoms with Crippen LogP contribution < -0.4 is 5.73 Å². The van der Waals surface area contributed by atoms with Crippen molar-refractivity contribution in [2.75, 3.05) is 0 Å². The van der Waals surface area contributed by atoms with Gasteiger partial charge in [-0.05, 0) is 31.1 Å². The Morgan fingerprint density at radius 1 is 1.00 bits per heavy atom. The van der Waals surface area contributed by atoms with Crippen LogP contribution in [0.5, 0.6) is 0 Å². The number of rotatable bonds is 1. The van der Waals surface area contributed by atoms with Gasteiger partial charge in [-0.2, -0.15) is 0 Å². The van der Waals surface area contributed by atoms with Crippen LogP contribution in [0.1, 0.15) is 19.3 Å². The van der Waals surface area contributed by atoms with Gasteiger partial charge in [0.25, 0.3) is 0 Å². The molecule has 4 unspecified atom stereocenters. The monoisotopic (exact) mass is 232 g/mol. The van der Waals surface area contributed by atoms with Crippen LogP contribution in [0.25, 0.3) is 0 Å². The predicted octanol–water partition coefficient (Wildman–Crippen LogP) is 0.283. The molecular weight excluding hydrogens is 216 g/mol. The fraction of sp³-hybridized carbons (Fsp3) is 0.692. The Hall–Kier alpha value is -1.16. The van der Waals surface area contributed by atoms with E-state index in [-0.39, 0.29) is 35.7 Å². The van der Waals surface area contributed by atoms with Crippen LogP contribution in [0, 0.1) is 23.7 Å². The summed E-state index contributed by atoms with van der Waals surface area (Å²) in [6, 6.07) is 0.269. The number of fused-ring (bicyclic) bond motifs is 5. The number of amides is 2. The minimum absolute atomic E-state index is 0.0469. The molecule has 1 heterocycles. The molecule has 4 rings (SSSR count). The van der Waals surface area contributed by atoms with Crippen LogP contribution in [0.3, 0.4) is 0 Å². The minimum atomic E-state index is -0.0469. The molecule has 0 radical (unpaired) electrons. The first-order chi connectivity index (χ1) is 8.16. The number of hydrogen-bond donors (Lipinski definition) is 1. The van der Waals surface area contributed by atoms with E-state index in [9.17, 15) is 9.59 Å². The third-order valence-electron chi connectivity index (χ3n) is 5.02. The van der Waals surface area contributed by atoms with Crippen LogP contribution in [0.2, 0.25) is 0 Å². The fourth-order valence-electron chi connectivity index (χ4n) is 4.13. The number of likely N-dealkylation sites (tertiary alicyclic amines) is 1. The van der Waals surface area contributed by atoms with Gasteiger partial charge in [-0.1, -0.05) is 12.2 Å². The second-order valence-electron chi connectivity index (χ2n) is 5.93. The summed E-state index contributed by atoms with van der Waals surface area (Å²) in [7, 11) is 0. The van der Waals surface area contributed by atoms with E-state index in [4.69, 9.17) is 5.73 Å². The molecule has 1 aliphatic heterocycles. The standard InChI is InChI=1S/C13H16N2O2/c14-8-4-9(5-8)15-12(16)10-6-1-2-7(3-6)11(10)13(15)17/h1-2,6-11H,3-5,14H2. The van der Waals surface area contributed by atoms with Crippen LogP contribution in [-0.2, 0) is 9.59 Å². The lowest BCUT2D eigenvalue weighted by Gasteiger charge is -2.38. The lowest BCUT2D eigenvalue weighted by Crippen LogP contribution is -2.53. The van der Waals surface area contributed by atoms with E-state index in [1.54, 1.807) is 4.90 Å². The van der Waals surface area contributed by atoms with Crippen molar-refractivity contribution in [3.63, 3.8) is 0 Å². The van der Waals surface area contributed by atoms with Crippen molar-refractivity contribution in [1.82, 2.24) is 4.90 Å². The first kappa shape index (κ1) is 9.83. The lowest BCUT2D eigenvalue weighted by atomic mass is 9.85. The molecule has 1 saturated heterocycles. The molecule has 90 valence electrons. The quantitative estimate of drug-likeness (QED) is 0.522. The zero-order valence-corrected chi connectivity index (χ0v) is 9.58. The number of carbonyl (C=O) groups excluding carboxylic acids is 2. The summed E-state index contributed by atoms with van der Waals surface area (Å²) in [5.74, 6) is 0.701. The van der Waals surface area contributed by atoms with E-state index in [1.807, 2.05) is 0 Å². The average Bonchev–Trinajstić information content (AvgIpc) is 2.90. The highest BCUT2D eigenvalue weighted by Gasteiger charge is 2.61. The molecule has 17 heavy (non-hydrogen) atoms. The maximum Gasteiger partial charge on any atom is 0.233 e. The van der Waals surface area contributed by atoms with E-state index in [1.165, 1.54) is 0 Å². The van der Waals surface area contributed by atoms with Crippen molar-refractivity contribution in [2.24, 2.45) is 29.4 Å². The molecule has 0 aromatic heterocycles. The van der Waals surface area contributed by atoms with Gasteiger partial charge in [0.1, 0.15) is 0 Å². The molecule has 2 bridgehead atoms. The number of allylic oxidation sites excluding steroid dienone is 2. The van der Waals surface area contributed by atoms with E-state index in [0.717, 1.165) is 19.3 Å². The van der Waals surface area contributed by atoms with Crippen molar-refractivity contribution in [2.45, 2.75) is 31.3 Å². The van der Waals surface area contributed by atoms with Crippen LogP contribution in [0.4, 0.5) is 0 Å². The Balaban J connectivity index is 1.65. The van der Waals surface area contributed by atoms with Gasteiger partial charge >= 0.3 is 0 Å². The van der Waals surface area contributed by atoms with Crippen LogP contribution in [0.15, 0.2) is 12.2 Å². The maximum atomic E-state index is 12.4. The zero-order valence-electron chi connectivity index (χ0n) is 9.58. The van der Waals surface area contributed by atoms with Gasteiger partial charge in [0.2, 0.25) is 11.8 Å². The molecule has 3 aliphatic carbocycles. The Morgan fingerprint density at radius 3 is 2.00 bits per heavy atom. The van der Waals surface area contributed by atoms with E-state index >= 15 is 0 Å². The summed E-state index contributed by atoms with van der Waals surface area (Å²) in [6.07, 6.45) is 6.85. The molecule has 2 N–H and O–H groups in total. The average molecular weight is 232 g/mol. The number of hydrogen-bond acceptors (Lipinski definition) is 3. The zero-order chi connectivity index (χ0) is 11.7. The highest BCUT2D eigenvalue weighted by Crippen LogP contribution is 2.53. The first-order valence-corrected chi connectivity index (χ1v) is 6.47. The second-order valence-corrected chi connectivity index (χ2v) is 5.93. The largest absolute Gasteiger partial charge is 0.328 e. The van der Waals surface area contributed by atoms with Crippen molar-refractivity contribution in [1.29, 1.82) is 0 Å². The number of nitrogens with two attached hydrogens (primary N) is 1. The third-order valence-corrected chi connectivity index (χ3v) is 5.02. The summed E-state index contributed by atoms with van der Waals surface area (Å²) in [4.78, 5) is 26.3. The smallest absolute Gasteiger partial charge is 0.233 e. The molecule has 0 aromatic carbocycles. The number of carbonyl (C=O) groups is 2. The summed E-state index contributed by atoms with van der Waals surface area (Å²) in [5, 5.41) is 0. The highest BCUT2D eigenvalue weighted by molar-refractivity contribution is 6.06. The van der Waals surface area contributed by atoms with Crippen molar-refractivity contribution >= 4 is 11.8 Å². The Labute approximate surface area is 99.8 Å².